The zero-order valence-electron chi connectivity index (χ0n) is 5.98. The molecule has 0 aliphatic heterocycles. The Hall–Kier alpha value is 0. The van der Waals surface area contributed by atoms with Crippen molar-refractivity contribution in [2.75, 3.05) is 0 Å². The second kappa shape index (κ2) is 5.14. The van der Waals surface area contributed by atoms with Gasteiger partial charge in [-0.2, -0.15) is 0 Å². The zero-order valence-corrected chi connectivity index (χ0v) is 5.98. The third kappa shape index (κ3) is 3.06. The van der Waals surface area contributed by atoms with Crippen LogP contribution < -0.4 is 0 Å². The maximum absolute atomic E-state index is 5.38. The summed E-state index contributed by atoms with van der Waals surface area (Å²) in [6.45, 7) is 9.83. The predicted molar refractivity (Wildman–Crippen MR) is 37.6 cm³/mol. The van der Waals surface area contributed by atoms with Crippen LogP contribution in [-0.2, 0) is 0 Å². The van der Waals surface area contributed by atoms with Gasteiger partial charge in [0.05, 0.1) is 0 Å². The fraction of sp³-hybridized carbons (Fsp3) is 0.875. The molecule has 0 aromatic rings. The van der Waals surface area contributed by atoms with Gasteiger partial charge in [0, 0.05) is 0 Å². The lowest BCUT2D eigenvalue weighted by Crippen LogP contribution is -1.94. The molecule has 0 aromatic heterocycles. The Labute approximate surface area is 53.3 Å². The van der Waals surface area contributed by atoms with Crippen LogP contribution in [0.15, 0.2) is 0 Å². The number of hydrogen-bond donors (Lipinski definition) is 0. The topological polar surface area (TPSA) is 0 Å². The van der Waals surface area contributed by atoms with Gasteiger partial charge in [0.1, 0.15) is 0 Å². The molecule has 2 radical (unpaired) electrons. The van der Waals surface area contributed by atoms with Crippen LogP contribution in [0.1, 0.15) is 39.5 Å². The molecule has 0 amide bonds. The first-order valence-corrected chi connectivity index (χ1v) is 3.55. The van der Waals surface area contributed by atoms with E-state index in [1.165, 1.54) is 19.3 Å². The second-order valence-corrected chi connectivity index (χ2v) is 2.26. The standard InChI is InChI=1S/C8H16/c1-4-7-8(5-2)6-3/h1,8H,4-7H2,2-3H3. The molecule has 48 valence electrons. The first kappa shape index (κ1) is 8.00. The monoisotopic (exact) mass is 112 g/mol. The molecule has 0 fully saturated rings. The van der Waals surface area contributed by atoms with Gasteiger partial charge in [-0.15, -0.1) is 0 Å². The normalized spacial score (nSPS) is 10.5. The molecule has 0 rings (SSSR count). The van der Waals surface area contributed by atoms with Gasteiger partial charge in [-0.1, -0.05) is 33.1 Å². The molecule has 0 nitrogen and oxygen atoms in total. The molecule has 0 unspecified atom stereocenters. The molecule has 0 heterocycles. The van der Waals surface area contributed by atoms with Gasteiger partial charge in [0.15, 0.2) is 0 Å². The fourth-order valence-electron chi connectivity index (χ4n) is 0.933. The van der Waals surface area contributed by atoms with Crippen molar-refractivity contribution in [2.24, 2.45) is 5.92 Å². The van der Waals surface area contributed by atoms with Crippen LogP contribution in [0.25, 0.3) is 0 Å². The number of hydrogen-bond acceptors (Lipinski definition) is 0. The van der Waals surface area contributed by atoms with Crippen molar-refractivity contribution in [3.8, 4) is 0 Å². The fourth-order valence-corrected chi connectivity index (χ4v) is 0.933. The highest BCUT2D eigenvalue weighted by molar-refractivity contribution is 4.54. The Balaban J connectivity index is 3.07. The summed E-state index contributed by atoms with van der Waals surface area (Å²) in [4.78, 5) is 0. The lowest BCUT2D eigenvalue weighted by molar-refractivity contribution is 0.459. The lowest BCUT2D eigenvalue weighted by atomic mass is 9.98. The predicted octanol–water partition coefficient (Wildman–Crippen LogP) is 2.91. The molecule has 0 saturated heterocycles. The minimum Gasteiger partial charge on any atom is -0.0651 e. The molecule has 0 N–H and O–H groups in total. The van der Waals surface area contributed by atoms with Crippen LogP contribution in [0.2, 0.25) is 0 Å². The molecule has 0 saturated carbocycles. The van der Waals surface area contributed by atoms with Crippen LogP contribution in [0.3, 0.4) is 0 Å². The summed E-state index contributed by atoms with van der Waals surface area (Å²) in [6.07, 6.45) is 4.63. The Kier molecular flexibility index (Phi) is 5.14. The Morgan fingerprint density at radius 2 is 1.75 bits per heavy atom. The van der Waals surface area contributed by atoms with Crippen molar-refractivity contribution in [3.05, 3.63) is 6.92 Å². The highest BCUT2D eigenvalue weighted by atomic mass is 14.0. The third-order valence-corrected chi connectivity index (χ3v) is 1.73. The molecule has 8 heavy (non-hydrogen) atoms. The zero-order chi connectivity index (χ0) is 6.41. The van der Waals surface area contributed by atoms with E-state index in [0.29, 0.717) is 0 Å². The van der Waals surface area contributed by atoms with Crippen molar-refractivity contribution in [2.45, 2.75) is 39.5 Å². The minimum atomic E-state index is 0.854. The van der Waals surface area contributed by atoms with E-state index in [1.807, 2.05) is 0 Å². The first-order chi connectivity index (χ1) is 3.85. The van der Waals surface area contributed by atoms with E-state index in [1.54, 1.807) is 0 Å². The highest BCUT2D eigenvalue weighted by Crippen LogP contribution is 2.13. The van der Waals surface area contributed by atoms with E-state index >= 15 is 0 Å². The van der Waals surface area contributed by atoms with Crippen LogP contribution in [-0.4, -0.2) is 0 Å². The van der Waals surface area contributed by atoms with Crippen molar-refractivity contribution in [3.63, 3.8) is 0 Å². The molecular weight excluding hydrogens is 96.1 g/mol. The largest absolute Gasteiger partial charge is 0.0651 e. The summed E-state index contributed by atoms with van der Waals surface area (Å²) in [5.74, 6) is 0.875. The summed E-state index contributed by atoms with van der Waals surface area (Å²) in [5.41, 5.74) is 0. The van der Waals surface area contributed by atoms with Crippen LogP contribution in [0, 0.1) is 12.8 Å². The third-order valence-electron chi connectivity index (χ3n) is 1.73. The summed E-state index contributed by atoms with van der Waals surface area (Å²) in [6, 6.07) is 0. The van der Waals surface area contributed by atoms with Crippen molar-refractivity contribution < 1.29 is 0 Å². The van der Waals surface area contributed by atoms with Crippen molar-refractivity contribution in [1.29, 1.82) is 0 Å². The van der Waals surface area contributed by atoms with Gasteiger partial charge in [0.2, 0.25) is 0 Å². The molecule has 0 heteroatoms. The van der Waals surface area contributed by atoms with Crippen LogP contribution in [0.5, 0.6) is 0 Å². The van der Waals surface area contributed by atoms with Crippen LogP contribution >= 0.6 is 0 Å². The molecule has 0 aliphatic carbocycles. The average Bonchev–Trinajstić information content (AvgIpc) is 1.83. The van der Waals surface area contributed by atoms with E-state index in [9.17, 15) is 0 Å². The van der Waals surface area contributed by atoms with Gasteiger partial charge in [-0.3, -0.25) is 0 Å². The van der Waals surface area contributed by atoms with Gasteiger partial charge < -0.3 is 0 Å². The van der Waals surface area contributed by atoms with Crippen LogP contribution in [0.4, 0.5) is 0 Å². The van der Waals surface area contributed by atoms with E-state index in [-0.39, 0.29) is 0 Å². The Morgan fingerprint density at radius 3 is 1.88 bits per heavy atom. The highest BCUT2D eigenvalue weighted by Gasteiger charge is 1.98. The molecule has 0 spiro atoms. The lowest BCUT2D eigenvalue weighted by Gasteiger charge is -2.08. The van der Waals surface area contributed by atoms with Crippen molar-refractivity contribution >= 4 is 0 Å². The maximum Gasteiger partial charge on any atom is -0.0352 e. The summed E-state index contributed by atoms with van der Waals surface area (Å²) >= 11 is 0. The van der Waals surface area contributed by atoms with E-state index in [2.05, 4.69) is 13.8 Å². The maximum atomic E-state index is 5.38. The summed E-state index contributed by atoms with van der Waals surface area (Å²) < 4.78 is 0. The molecule has 0 aliphatic rings. The summed E-state index contributed by atoms with van der Waals surface area (Å²) in [7, 11) is 0. The minimum absolute atomic E-state index is 0.854. The first-order valence-electron chi connectivity index (χ1n) is 3.55. The Bertz CT molecular complexity index is 35.3. The Morgan fingerprint density at radius 1 is 1.25 bits per heavy atom. The molecular formula is C8H16. The van der Waals surface area contributed by atoms with E-state index in [4.69, 9.17) is 6.92 Å². The van der Waals surface area contributed by atoms with Gasteiger partial charge in [0.25, 0.3) is 0 Å². The molecule has 0 bridgehead atoms. The number of rotatable bonds is 4. The second-order valence-electron chi connectivity index (χ2n) is 2.26. The average molecular weight is 112 g/mol. The van der Waals surface area contributed by atoms with Gasteiger partial charge >= 0.3 is 0 Å². The molecule has 0 aromatic carbocycles. The smallest absolute Gasteiger partial charge is 0.0352 e. The quantitative estimate of drug-likeness (QED) is 0.524. The molecule has 0 atom stereocenters. The summed E-state index contributed by atoms with van der Waals surface area (Å²) in [5, 5.41) is 0. The van der Waals surface area contributed by atoms with E-state index in [0.717, 1.165) is 12.3 Å². The van der Waals surface area contributed by atoms with Gasteiger partial charge in [-0.05, 0) is 19.3 Å². The SMILES string of the molecule is [CH]CCC(CC)CC. The van der Waals surface area contributed by atoms with Crippen molar-refractivity contribution in [1.82, 2.24) is 0 Å². The van der Waals surface area contributed by atoms with Gasteiger partial charge in [-0.25, -0.2) is 0 Å². The van der Waals surface area contributed by atoms with E-state index < -0.39 is 0 Å².